The number of amides is 1. The molecule has 0 saturated carbocycles. The van der Waals surface area contributed by atoms with E-state index in [1.807, 2.05) is 6.92 Å². The SMILES string of the molecule is CC(NC(=O)C1(C)COC1)C1=CCCCC1. The molecule has 1 heterocycles. The van der Waals surface area contributed by atoms with Gasteiger partial charge in [0.2, 0.25) is 5.91 Å². The molecule has 1 N–H and O–H groups in total. The van der Waals surface area contributed by atoms with Crippen molar-refractivity contribution in [3.8, 4) is 0 Å². The topological polar surface area (TPSA) is 38.3 Å². The molecule has 3 nitrogen and oxygen atoms in total. The third kappa shape index (κ3) is 2.29. The number of rotatable bonds is 3. The molecule has 0 aromatic heterocycles. The minimum Gasteiger partial charge on any atom is -0.379 e. The molecule has 1 unspecified atom stereocenters. The van der Waals surface area contributed by atoms with Crippen LogP contribution in [0.25, 0.3) is 0 Å². The summed E-state index contributed by atoms with van der Waals surface area (Å²) in [4.78, 5) is 12.0. The lowest BCUT2D eigenvalue weighted by Gasteiger charge is -2.37. The molecule has 2 aliphatic rings. The maximum absolute atomic E-state index is 12.0. The lowest BCUT2D eigenvalue weighted by atomic mass is 9.86. The molecule has 90 valence electrons. The Balaban J connectivity index is 1.89. The predicted molar refractivity (Wildman–Crippen MR) is 63.1 cm³/mol. The van der Waals surface area contributed by atoms with Crippen molar-refractivity contribution in [1.29, 1.82) is 0 Å². The van der Waals surface area contributed by atoms with Crippen molar-refractivity contribution in [3.63, 3.8) is 0 Å². The van der Waals surface area contributed by atoms with Crippen LogP contribution in [0, 0.1) is 5.41 Å². The molecule has 0 spiro atoms. The van der Waals surface area contributed by atoms with Crippen LogP contribution < -0.4 is 5.32 Å². The maximum atomic E-state index is 12.0. The molecule has 1 saturated heterocycles. The van der Waals surface area contributed by atoms with Crippen molar-refractivity contribution in [2.24, 2.45) is 5.41 Å². The quantitative estimate of drug-likeness (QED) is 0.743. The summed E-state index contributed by atoms with van der Waals surface area (Å²) in [6.07, 6.45) is 7.13. The van der Waals surface area contributed by atoms with Crippen LogP contribution in [-0.2, 0) is 9.53 Å². The zero-order chi connectivity index (χ0) is 11.6. The molecule has 16 heavy (non-hydrogen) atoms. The standard InChI is InChI=1S/C13H21NO2/c1-10(11-6-4-3-5-7-11)14-12(15)13(2)8-16-9-13/h6,10H,3-5,7-9H2,1-2H3,(H,14,15). The summed E-state index contributed by atoms with van der Waals surface area (Å²) in [5.41, 5.74) is 1.10. The highest BCUT2D eigenvalue weighted by Gasteiger charge is 2.41. The first kappa shape index (κ1) is 11.6. The normalized spacial score (nSPS) is 25.2. The van der Waals surface area contributed by atoms with Gasteiger partial charge < -0.3 is 10.1 Å². The van der Waals surface area contributed by atoms with Gasteiger partial charge in [0, 0.05) is 6.04 Å². The van der Waals surface area contributed by atoms with Gasteiger partial charge in [0.15, 0.2) is 0 Å². The molecule has 0 aromatic rings. The van der Waals surface area contributed by atoms with E-state index in [2.05, 4.69) is 18.3 Å². The maximum Gasteiger partial charge on any atom is 0.231 e. The summed E-state index contributed by atoms with van der Waals surface area (Å²) in [5.74, 6) is 0.137. The fraction of sp³-hybridized carbons (Fsp3) is 0.769. The summed E-state index contributed by atoms with van der Waals surface area (Å²) < 4.78 is 5.11. The number of carbonyl (C=O) groups is 1. The molecular weight excluding hydrogens is 202 g/mol. The molecule has 1 fully saturated rings. The first-order chi connectivity index (χ1) is 7.62. The van der Waals surface area contributed by atoms with E-state index in [9.17, 15) is 4.79 Å². The minimum absolute atomic E-state index is 0.137. The van der Waals surface area contributed by atoms with Crippen molar-refractivity contribution in [2.45, 2.75) is 45.6 Å². The number of nitrogens with one attached hydrogen (secondary N) is 1. The predicted octanol–water partition coefficient (Wildman–Crippen LogP) is 2.03. The van der Waals surface area contributed by atoms with Crippen LogP contribution in [0.4, 0.5) is 0 Å². The second-order valence-corrected chi connectivity index (χ2v) is 5.27. The van der Waals surface area contributed by atoms with Crippen LogP contribution in [-0.4, -0.2) is 25.2 Å². The molecule has 1 amide bonds. The molecule has 3 heteroatoms. The minimum atomic E-state index is -0.288. The van der Waals surface area contributed by atoms with Gasteiger partial charge in [-0.05, 0) is 39.5 Å². The first-order valence-electron chi connectivity index (χ1n) is 6.19. The molecule has 1 aliphatic carbocycles. The number of ether oxygens (including phenoxy) is 1. The van der Waals surface area contributed by atoms with Crippen LogP contribution in [0.2, 0.25) is 0 Å². The van der Waals surface area contributed by atoms with Gasteiger partial charge in [0.1, 0.15) is 0 Å². The van der Waals surface area contributed by atoms with Gasteiger partial charge in [-0.3, -0.25) is 4.79 Å². The van der Waals surface area contributed by atoms with Crippen LogP contribution in [0.5, 0.6) is 0 Å². The average molecular weight is 223 g/mol. The second kappa shape index (κ2) is 4.58. The Labute approximate surface area is 97.2 Å². The summed E-state index contributed by atoms with van der Waals surface area (Å²) in [6, 6.07) is 0.185. The van der Waals surface area contributed by atoms with E-state index in [0.29, 0.717) is 13.2 Å². The van der Waals surface area contributed by atoms with Crippen molar-refractivity contribution < 1.29 is 9.53 Å². The molecule has 0 aromatic carbocycles. The first-order valence-corrected chi connectivity index (χ1v) is 6.19. The number of carbonyl (C=O) groups excluding carboxylic acids is 1. The Bertz CT molecular complexity index is 305. The summed E-state index contributed by atoms with van der Waals surface area (Å²) in [7, 11) is 0. The Morgan fingerprint density at radius 3 is 2.75 bits per heavy atom. The summed E-state index contributed by atoms with van der Waals surface area (Å²) in [6.45, 7) is 5.17. The van der Waals surface area contributed by atoms with E-state index in [1.54, 1.807) is 0 Å². The smallest absolute Gasteiger partial charge is 0.231 e. The van der Waals surface area contributed by atoms with Crippen molar-refractivity contribution in [3.05, 3.63) is 11.6 Å². The van der Waals surface area contributed by atoms with E-state index >= 15 is 0 Å². The Morgan fingerprint density at radius 2 is 2.25 bits per heavy atom. The molecular formula is C13H21NO2. The third-order valence-electron chi connectivity index (χ3n) is 3.62. The largest absolute Gasteiger partial charge is 0.379 e. The fourth-order valence-electron chi connectivity index (χ4n) is 2.26. The highest BCUT2D eigenvalue weighted by molar-refractivity contribution is 5.83. The van der Waals surface area contributed by atoms with E-state index in [4.69, 9.17) is 4.74 Å². The lowest BCUT2D eigenvalue weighted by molar-refractivity contribution is -0.158. The zero-order valence-electron chi connectivity index (χ0n) is 10.2. The van der Waals surface area contributed by atoms with E-state index in [1.165, 1.54) is 18.4 Å². The molecule has 2 rings (SSSR count). The number of allylic oxidation sites excluding steroid dienone is 1. The van der Waals surface area contributed by atoms with Gasteiger partial charge in [-0.15, -0.1) is 0 Å². The molecule has 0 radical (unpaired) electrons. The second-order valence-electron chi connectivity index (χ2n) is 5.27. The Kier molecular flexibility index (Phi) is 3.33. The fourth-order valence-corrected chi connectivity index (χ4v) is 2.26. The lowest BCUT2D eigenvalue weighted by Crippen LogP contribution is -2.54. The van der Waals surface area contributed by atoms with Gasteiger partial charge in [-0.1, -0.05) is 11.6 Å². The summed E-state index contributed by atoms with van der Waals surface area (Å²) in [5, 5.41) is 3.10. The van der Waals surface area contributed by atoms with Crippen LogP contribution in [0.1, 0.15) is 39.5 Å². The van der Waals surface area contributed by atoms with E-state index in [0.717, 1.165) is 12.8 Å². The Hall–Kier alpha value is -0.830. The van der Waals surface area contributed by atoms with Crippen molar-refractivity contribution in [1.82, 2.24) is 5.32 Å². The van der Waals surface area contributed by atoms with Gasteiger partial charge in [-0.25, -0.2) is 0 Å². The van der Waals surface area contributed by atoms with Crippen LogP contribution in [0.3, 0.4) is 0 Å². The highest BCUT2D eigenvalue weighted by Crippen LogP contribution is 2.27. The van der Waals surface area contributed by atoms with Gasteiger partial charge in [-0.2, -0.15) is 0 Å². The van der Waals surface area contributed by atoms with Crippen LogP contribution in [0.15, 0.2) is 11.6 Å². The molecule has 1 atom stereocenters. The van der Waals surface area contributed by atoms with Crippen molar-refractivity contribution in [2.75, 3.05) is 13.2 Å². The van der Waals surface area contributed by atoms with Gasteiger partial charge >= 0.3 is 0 Å². The zero-order valence-corrected chi connectivity index (χ0v) is 10.2. The molecule has 1 aliphatic heterocycles. The van der Waals surface area contributed by atoms with E-state index < -0.39 is 0 Å². The summed E-state index contributed by atoms with van der Waals surface area (Å²) >= 11 is 0. The average Bonchev–Trinajstić information content (AvgIpc) is 2.27. The van der Waals surface area contributed by atoms with E-state index in [-0.39, 0.29) is 17.4 Å². The number of hydrogen-bond acceptors (Lipinski definition) is 2. The van der Waals surface area contributed by atoms with Crippen molar-refractivity contribution >= 4 is 5.91 Å². The number of hydrogen-bond donors (Lipinski definition) is 1. The Morgan fingerprint density at radius 1 is 1.50 bits per heavy atom. The molecule has 0 bridgehead atoms. The van der Waals surface area contributed by atoms with Crippen LogP contribution >= 0.6 is 0 Å². The van der Waals surface area contributed by atoms with Gasteiger partial charge in [0.05, 0.1) is 18.6 Å². The van der Waals surface area contributed by atoms with Gasteiger partial charge in [0.25, 0.3) is 0 Å². The third-order valence-corrected chi connectivity index (χ3v) is 3.62. The highest BCUT2D eigenvalue weighted by atomic mass is 16.5. The monoisotopic (exact) mass is 223 g/mol.